The van der Waals surface area contributed by atoms with E-state index in [0.717, 1.165) is 62.8 Å². The van der Waals surface area contributed by atoms with Crippen LogP contribution in [0, 0.1) is 17.2 Å². The number of aliphatic imine (C=N–C) groups is 1. The van der Waals surface area contributed by atoms with Crippen LogP contribution in [0.2, 0.25) is 0 Å². The Labute approximate surface area is 139 Å². The number of nitrogens with one attached hydrogen (secondary N) is 2. The van der Waals surface area contributed by atoms with E-state index in [0.29, 0.717) is 5.92 Å². The van der Waals surface area contributed by atoms with Crippen LogP contribution in [0.5, 0.6) is 0 Å². The smallest absolute Gasteiger partial charge is 0.191 e. The summed E-state index contributed by atoms with van der Waals surface area (Å²) >= 11 is 0. The molecule has 0 aromatic heterocycles. The molecule has 0 bridgehead atoms. The second-order valence-corrected chi connectivity index (χ2v) is 5.81. The van der Waals surface area contributed by atoms with Crippen molar-refractivity contribution in [2.24, 2.45) is 10.9 Å². The number of hydrogen-bond donors (Lipinski definition) is 2. The fourth-order valence-electron chi connectivity index (χ4n) is 2.93. The molecule has 1 aliphatic heterocycles. The summed E-state index contributed by atoms with van der Waals surface area (Å²) in [6.45, 7) is 8.79. The van der Waals surface area contributed by atoms with Gasteiger partial charge in [-0.15, -0.1) is 0 Å². The number of benzene rings is 1. The molecule has 0 spiro atoms. The van der Waals surface area contributed by atoms with Crippen LogP contribution >= 0.6 is 0 Å². The molecule has 0 aliphatic carbocycles. The Kier molecular flexibility index (Phi) is 6.74. The highest BCUT2D eigenvalue weighted by atomic mass is 15.2. The van der Waals surface area contributed by atoms with Crippen molar-refractivity contribution >= 4 is 11.6 Å². The summed E-state index contributed by atoms with van der Waals surface area (Å²) in [5.74, 6) is 1.53. The molecule has 5 heteroatoms. The molecule has 1 heterocycles. The van der Waals surface area contributed by atoms with E-state index < -0.39 is 0 Å². The van der Waals surface area contributed by atoms with E-state index in [9.17, 15) is 5.26 Å². The SMILES string of the molecule is CCNC(=NCC1CCN(c2ccccc2C#N)CC1)NCC. The van der Waals surface area contributed by atoms with Gasteiger partial charge in [0.25, 0.3) is 0 Å². The lowest BCUT2D eigenvalue weighted by Crippen LogP contribution is -2.38. The van der Waals surface area contributed by atoms with Gasteiger partial charge in [-0.25, -0.2) is 0 Å². The molecule has 23 heavy (non-hydrogen) atoms. The molecule has 1 aromatic rings. The summed E-state index contributed by atoms with van der Waals surface area (Å²) in [4.78, 5) is 7.01. The van der Waals surface area contributed by atoms with Crippen LogP contribution in [0.15, 0.2) is 29.3 Å². The largest absolute Gasteiger partial charge is 0.370 e. The van der Waals surface area contributed by atoms with Gasteiger partial charge in [0.05, 0.1) is 11.3 Å². The van der Waals surface area contributed by atoms with Crippen LogP contribution in [-0.4, -0.2) is 38.7 Å². The molecule has 2 rings (SSSR count). The average Bonchev–Trinajstić information content (AvgIpc) is 2.60. The van der Waals surface area contributed by atoms with Gasteiger partial charge in [-0.3, -0.25) is 4.99 Å². The number of rotatable bonds is 5. The third kappa shape index (κ3) is 4.88. The number of piperidine rings is 1. The van der Waals surface area contributed by atoms with Gasteiger partial charge < -0.3 is 15.5 Å². The van der Waals surface area contributed by atoms with Crippen molar-refractivity contribution in [3.63, 3.8) is 0 Å². The highest BCUT2D eigenvalue weighted by Gasteiger charge is 2.20. The molecule has 0 amide bonds. The predicted octanol–water partition coefficient (Wildman–Crippen LogP) is 2.35. The Hall–Kier alpha value is -2.22. The summed E-state index contributed by atoms with van der Waals surface area (Å²) < 4.78 is 0. The van der Waals surface area contributed by atoms with Crippen molar-refractivity contribution in [1.29, 1.82) is 5.26 Å². The van der Waals surface area contributed by atoms with Crippen LogP contribution < -0.4 is 15.5 Å². The lowest BCUT2D eigenvalue weighted by atomic mass is 9.96. The minimum absolute atomic E-state index is 0.618. The Morgan fingerprint density at radius 2 is 1.87 bits per heavy atom. The number of guanidine groups is 1. The molecule has 0 saturated carbocycles. The summed E-state index contributed by atoms with van der Waals surface area (Å²) in [5.41, 5.74) is 1.84. The zero-order chi connectivity index (χ0) is 16.5. The lowest BCUT2D eigenvalue weighted by molar-refractivity contribution is 0.414. The Bertz CT molecular complexity index is 545. The van der Waals surface area contributed by atoms with Gasteiger partial charge in [0.1, 0.15) is 6.07 Å². The van der Waals surface area contributed by atoms with Crippen LogP contribution in [0.3, 0.4) is 0 Å². The molecular formula is C18H27N5. The van der Waals surface area contributed by atoms with Gasteiger partial charge in [-0.05, 0) is 44.7 Å². The molecule has 0 atom stereocenters. The topological polar surface area (TPSA) is 63.5 Å². The van der Waals surface area contributed by atoms with E-state index in [4.69, 9.17) is 0 Å². The molecule has 0 radical (unpaired) electrons. The number of nitriles is 1. The maximum atomic E-state index is 9.24. The molecule has 0 unspecified atom stereocenters. The fraction of sp³-hybridized carbons (Fsp3) is 0.556. The summed E-state index contributed by atoms with van der Waals surface area (Å²) in [5, 5.41) is 15.8. The van der Waals surface area contributed by atoms with Crippen molar-refractivity contribution in [2.75, 3.05) is 37.6 Å². The van der Waals surface area contributed by atoms with Crippen LogP contribution in [0.25, 0.3) is 0 Å². The standard InChI is InChI=1S/C18H27N5/c1-3-20-18(21-4-2)22-14-15-9-11-23(12-10-15)17-8-6-5-7-16(17)13-19/h5-8,15H,3-4,9-12,14H2,1-2H3,(H2,20,21,22). The molecule has 2 N–H and O–H groups in total. The third-order valence-corrected chi connectivity index (χ3v) is 4.18. The first-order chi connectivity index (χ1) is 11.3. The second-order valence-electron chi connectivity index (χ2n) is 5.81. The van der Waals surface area contributed by atoms with E-state index >= 15 is 0 Å². The van der Waals surface area contributed by atoms with Crippen molar-refractivity contribution < 1.29 is 0 Å². The first-order valence-corrected chi connectivity index (χ1v) is 8.54. The summed E-state index contributed by atoms with van der Waals surface area (Å²) in [7, 11) is 0. The highest BCUT2D eigenvalue weighted by Crippen LogP contribution is 2.26. The molecule has 1 aromatic carbocycles. The average molecular weight is 313 g/mol. The van der Waals surface area contributed by atoms with E-state index in [-0.39, 0.29) is 0 Å². The molecular weight excluding hydrogens is 286 g/mol. The number of para-hydroxylation sites is 1. The second kappa shape index (κ2) is 9.04. The molecule has 1 saturated heterocycles. The summed E-state index contributed by atoms with van der Waals surface area (Å²) in [6.07, 6.45) is 2.24. The number of hydrogen-bond acceptors (Lipinski definition) is 3. The van der Waals surface area contributed by atoms with Gasteiger partial charge in [-0.2, -0.15) is 5.26 Å². The van der Waals surface area contributed by atoms with E-state index in [2.05, 4.69) is 40.4 Å². The predicted molar refractivity (Wildman–Crippen MR) is 95.7 cm³/mol. The monoisotopic (exact) mass is 313 g/mol. The first-order valence-electron chi connectivity index (χ1n) is 8.54. The Morgan fingerprint density at radius 3 is 2.48 bits per heavy atom. The molecule has 1 fully saturated rings. The maximum Gasteiger partial charge on any atom is 0.191 e. The minimum atomic E-state index is 0.618. The number of nitrogens with zero attached hydrogens (tertiary/aromatic N) is 3. The normalized spacial score (nSPS) is 14.9. The van der Waals surface area contributed by atoms with Crippen molar-refractivity contribution in [3.05, 3.63) is 29.8 Å². The van der Waals surface area contributed by atoms with Gasteiger partial charge in [0.15, 0.2) is 5.96 Å². The van der Waals surface area contributed by atoms with Gasteiger partial charge >= 0.3 is 0 Å². The quantitative estimate of drug-likeness (QED) is 0.647. The van der Waals surface area contributed by atoms with Gasteiger partial charge in [0.2, 0.25) is 0 Å². The van der Waals surface area contributed by atoms with E-state index in [1.165, 1.54) is 0 Å². The maximum absolute atomic E-state index is 9.24. The fourth-order valence-corrected chi connectivity index (χ4v) is 2.93. The van der Waals surface area contributed by atoms with Crippen LogP contribution in [0.1, 0.15) is 32.3 Å². The minimum Gasteiger partial charge on any atom is -0.370 e. The highest BCUT2D eigenvalue weighted by molar-refractivity contribution is 5.79. The van der Waals surface area contributed by atoms with E-state index in [1.54, 1.807) is 0 Å². The van der Waals surface area contributed by atoms with Crippen molar-refractivity contribution in [1.82, 2.24) is 10.6 Å². The summed E-state index contributed by atoms with van der Waals surface area (Å²) in [6, 6.07) is 10.2. The van der Waals surface area contributed by atoms with Gasteiger partial charge in [-0.1, -0.05) is 12.1 Å². The molecule has 1 aliphatic rings. The lowest BCUT2D eigenvalue weighted by Gasteiger charge is -2.33. The Morgan fingerprint density at radius 1 is 1.22 bits per heavy atom. The zero-order valence-corrected chi connectivity index (χ0v) is 14.2. The molecule has 5 nitrogen and oxygen atoms in total. The van der Waals surface area contributed by atoms with Gasteiger partial charge in [0, 0.05) is 32.7 Å². The van der Waals surface area contributed by atoms with E-state index in [1.807, 2.05) is 24.3 Å². The van der Waals surface area contributed by atoms with Crippen LogP contribution in [-0.2, 0) is 0 Å². The third-order valence-electron chi connectivity index (χ3n) is 4.18. The zero-order valence-electron chi connectivity index (χ0n) is 14.2. The Balaban J connectivity index is 1.89. The number of anilines is 1. The first kappa shape index (κ1) is 17.1. The van der Waals surface area contributed by atoms with Crippen molar-refractivity contribution in [3.8, 4) is 6.07 Å². The molecule has 124 valence electrons. The van der Waals surface area contributed by atoms with Crippen LogP contribution in [0.4, 0.5) is 5.69 Å². The van der Waals surface area contributed by atoms with Crippen molar-refractivity contribution in [2.45, 2.75) is 26.7 Å².